The highest BCUT2D eigenvalue weighted by Crippen LogP contribution is 1.81. The fourth-order valence-corrected chi connectivity index (χ4v) is 0.285. The van der Waals surface area contributed by atoms with Crippen LogP contribution in [0.25, 0.3) is 0 Å². The number of hydrogen-bond acceptors (Lipinski definition) is 6. The van der Waals surface area contributed by atoms with E-state index in [1.807, 2.05) is 0 Å². The molecule has 0 atom stereocenters. The van der Waals surface area contributed by atoms with E-state index in [2.05, 4.69) is 10.2 Å². The van der Waals surface area contributed by atoms with Gasteiger partial charge in [-0.25, -0.2) is 11.7 Å². The van der Waals surface area contributed by atoms with Gasteiger partial charge in [0.15, 0.2) is 12.7 Å². The first-order valence-corrected chi connectivity index (χ1v) is 1.95. The Labute approximate surface area is 46.0 Å². The molecule has 6 heteroatoms. The molecule has 0 radical (unpaired) electrons. The molecular formula is C2H6N6. The van der Waals surface area contributed by atoms with Crippen LogP contribution in [0.15, 0.2) is 10.2 Å². The number of hydrogen-bond donors (Lipinski definition) is 2. The summed E-state index contributed by atoms with van der Waals surface area (Å²) in [4.78, 5) is 0. The lowest BCUT2D eigenvalue weighted by molar-refractivity contribution is 0.396. The van der Waals surface area contributed by atoms with Gasteiger partial charge >= 0.3 is 0 Å². The van der Waals surface area contributed by atoms with E-state index in [0.29, 0.717) is 0 Å². The fourth-order valence-electron chi connectivity index (χ4n) is 0.285. The standard InChI is InChI=1S/C2H6N6/c3-7-1-5-8(4)2-6-7/h1-2H,3-4H2. The zero-order chi connectivity index (χ0) is 5.98. The minimum atomic E-state index is 1.06. The average molecular weight is 114 g/mol. The predicted molar refractivity (Wildman–Crippen MR) is 29.0 cm³/mol. The molecule has 0 aromatic rings. The summed E-state index contributed by atoms with van der Waals surface area (Å²) in [6, 6.07) is 0. The highest BCUT2D eigenvalue weighted by molar-refractivity contribution is 5.63. The molecule has 0 saturated heterocycles. The third-order valence-electron chi connectivity index (χ3n) is 0.607. The molecule has 8 heavy (non-hydrogen) atoms. The van der Waals surface area contributed by atoms with Crippen molar-refractivity contribution in [3.8, 4) is 0 Å². The van der Waals surface area contributed by atoms with Crippen molar-refractivity contribution in [3.63, 3.8) is 0 Å². The smallest absolute Gasteiger partial charge is 0.152 e. The van der Waals surface area contributed by atoms with Gasteiger partial charge < -0.3 is 0 Å². The molecule has 1 aliphatic rings. The van der Waals surface area contributed by atoms with Crippen molar-refractivity contribution in [1.82, 2.24) is 10.2 Å². The first-order valence-electron chi connectivity index (χ1n) is 1.95. The van der Waals surface area contributed by atoms with Gasteiger partial charge in [-0.05, 0) is 0 Å². The molecule has 1 heterocycles. The SMILES string of the molecule is NN1C=NN(N)C=N1. The Balaban J connectivity index is 2.54. The first kappa shape index (κ1) is 5.01. The monoisotopic (exact) mass is 114 g/mol. The number of nitrogens with two attached hydrogens (primary N) is 2. The van der Waals surface area contributed by atoms with Crippen molar-refractivity contribution in [2.75, 3.05) is 0 Å². The lowest BCUT2D eigenvalue weighted by atomic mass is 11.1. The number of hydrazine groups is 2. The molecule has 1 rings (SSSR count). The molecule has 0 fully saturated rings. The summed E-state index contributed by atoms with van der Waals surface area (Å²) in [5.74, 6) is 10.2. The van der Waals surface area contributed by atoms with Crippen molar-refractivity contribution in [3.05, 3.63) is 0 Å². The molecule has 0 aromatic heterocycles. The van der Waals surface area contributed by atoms with Crippen LogP contribution in [0.1, 0.15) is 0 Å². The molecule has 6 nitrogen and oxygen atoms in total. The fraction of sp³-hybridized carbons (Fsp3) is 0. The van der Waals surface area contributed by atoms with Gasteiger partial charge in [0.25, 0.3) is 0 Å². The maximum absolute atomic E-state index is 5.10. The highest BCUT2D eigenvalue weighted by Gasteiger charge is 1.94. The summed E-state index contributed by atoms with van der Waals surface area (Å²) in [6.07, 6.45) is 2.58. The Morgan fingerprint density at radius 2 is 1.38 bits per heavy atom. The summed E-state index contributed by atoms with van der Waals surface area (Å²) in [5.41, 5.74) is 0. The van der Waals surface area contributed by atoms with Gasteiger partial charge in [-0.3, -0.25) is 0 Å². The van der Waals surface area contributed by atoms with Crippen LogP contribution in [-0.2, 0) is 0 Å². The van der Waals surface area contributed by atoms with E-state index >= 15 is 0 Å². The maximum Gasteiger partial charge on any atom is 0.152 e. The largest absolute Gasteiger partial charge is 0.225 e. The van der Waals surface area contributed by atoms with E-state index < -0.39 is 0 Å². The lowest BCUT2D eigenvalue weighted by Gasteiger charge is -2.12. The molecule has 0 aliphatic carbocycles. The normalized spacial score (nSPS) is 17.8. The van der Waals surface area contributed by atoms with Crippen molar-refractivity contribution < 1.29 is 0 Å². The van der Waals surface area contributed by atoms with Gasteiger partial charge in [-0.15, -0.1) is 10.2 Å². The maximum atomic E-state index is 5.10. The molecule has 1 aliphatic heterocycles. The van der Waals surface area contributed by atoms with Gasteiger partial charge in [-0.2, -0.15) is 10.2 Å². The zero-order valence-corrected chi connectivity index (χ0v) is 4.10. The van der Waals surface area contributed by atoms with Crippen LogP contribution in [0.3, 0.4) is 0 Å². The average Bonchev–Trinajstić information content (AvgIpc) is 1.77. The van der Waals surface area contributed by atoms with Crippen molar-refractivity contribution >= 4 is 12.7 Å². The Bertz CT molecular complexity index is 98.5. The van der Waals surface area contributed by atoms with E-state index in [1.54, 1.807) is 0 Å². The van der Waals surface area contributed by atoms with E-state index in [-0.39, 0.29) is 0 Å². The third-order valence-corrected chi connectivity index (χ3v) is 0.607. The lowest BCUT2D eigenvalue weighted by Crippen LogP contribution is -2.34. The molecule has 0 bridgehead atoms. The second-order valence-corrected chi connectivity index (χ2v) is 1.22. The summed E-state index contributed by atoms with van der Waals surface area (Å²) in [7, 11) is 0. The number of rotatable bonds is 0. The van der Waals surface area contributed by atoms with Crippen LogP contribution in [0.2, 0.25) is 0 Å². The van der Waals surface area contributed by atoms with Crippen LogP contribution in [0.4, 0.5) is 0 Å². The van der Waals surface area contributed by atoms with E-state index in [9.17, 15) is 0 Å². The molecule has 0 spiro atoms. The molecule has 0 saturated carbocycles. The number of hydrazone groups is 2. The van der Waals surface area contributed by atoms with Gasteiger partial charge in [-0.1, -0.05) is 0 Å². The summed E-state index contributed by atoms with van der Waals surface area (Å²) in [6.45, 7) is 0. The van der Waals surface area contributed by atoms with Gasteiger partial charge in [0, 0.05) is 0 Å². The minimum absolute atomic E-state index is 1.06. The van der Waals surface area contributed by atoms with Gasteiger partial charge in [0.2, 0.25) is 0 Å². The van der Waals surface area contributed by atoms with Gasteiger partial charge in [0.05, 0.1) is 0 Å². The van der Waals surface area contributed by atoms with E-state index in [1.165, 1.54) is 12.7 Å². The van der Waals surface area contributed by atoms with Crippen LogP contribution in [0, 0.1) is 0 Å². The Morgan fingerprint density at radius 1 is 1.00 bits per heavy atom. The summed E-state index contributed by atoms with van der Waals surface area (Å²) >= 11 is 0. The highest BCUT2D eigenvalue weighted by atomic mass is 15.7. The van der Waals surface area contributed by atoms with E-state index in [4.69, 9.17) is 11.7 Å². The Morgan fingerprint density at radius 3 is 1.62 bits per heavy atom. The molecule has 0 aromatic carbocycles. The zero-order valence-electron chi connectivity index (χ0n) is 4.10. The van der Waals surface area contributed by atoms with Crippen molar-refractivity contribution in [2.45, 2.75) is 0 Å². The molecule has 0 amide bonds. The van der Waals surface area contributed by atoms with Crippen LogP contribution in [0.5, 0.6) is 0 Å². The predicted octanol–water partition coefficient (Wildman–Crippen LogP) is -1.76. The second kappa shape index (κ2) is 1.76. The molecule has 0 unspecified atom stereocenters. The molecular weight excluding hydrogens is 108 g/mol. The number of nitrogens with zero attached hydrogens (tertiary/aromatic N) is 4. The quantitative estimate of drug-likeness (QED) is 0.365. The van der Waals surface area contributed by atoms with E-state index in [0.717, 1.165) is 10.2 Å². The minimum Gasteiger partial charge on any atom is -0.225 e. The Kier molecular flexibility index (Phi) is 1.10. The summed E-state index contributed by atoms with van der Waals surface area (Å²) in [5, 5.41) is 9.22. The third kappa shape index (κ3) is 0.922. The second-order valence-electron chi connectivity index (χ2n) is 1.22. The summed E-state index contributed by atoms with van der Waals surface area (Å²) < 4.78 is 0. The Hall–Kier alpha value is -1.14. The molecule has 4 N–H and O–H groups in total. The van der Waals surface area contributed by atoms with Crippen LogP contribution in [-0.4, -0.2) is 22.9 Å². The van der Waals surface area contributed by atoms with Crippen molar-refractivity contribution in [2.24, 2.45) is 21.9 Å². The topological polar surface area (TPSA) is 83.2 Å². The van der Waals surface area contributed by atoms with Crippen LogP contribution >= 0.6 is 0 Å². The van der Waals surface area contributed by atoms with Crippen LogP contribution < -0.4 is 11.7 Å². The van der Waals surface area contributed by atoms with Crippen molar-refractivity contribution in [1.29, 1.82) is 0 Å². The molecule has 44 valence electrons. The first-order chi connectivity index (χ1) is 3.79. The van der Waals surface area contributed by atoms with Gasteiger partial charge in [0.1, 0.15) is 0 Å².